The molecule has 37 heavy (non-hydrogen) atoms. The molecule has 0 spiro atoms. The zero-order chi connectivity index (χ0) is 27.6. The predicted molar refractivity (Wildman–Crippen MR) is 125 cm³/mol. The van der Waals surface area contributed by atoms with Gasteiger partial charge in [0.15, 0.2) is 5.60 Å². The van der Waals surface area contributed by atoms with Gasteiger partial charge >= 0.3 is 24.1 Å². The van der Waals surface area contributed by atoms with Crippen molar-refractivity contribution in [1.29, 1.82) is 0 Å². The standard InChI is InChI=1S/C27H39F3O7/c1-14(35-8-6-7-25(4,34)27(28,29)30)19-20(22(32)36-21(19)31)24(2,3)23(33)37-26(5)17-10-15-9-16(12-17)13-18(26)11-15/h14-20,34H,6-13H2,1-5H3. The zero-order valence-corrected chi connectivity index (χ0v) is 22.2. The molecule has 0 radical (unpaired) electrons. The Hall–Kier alpha value is -1.68. The topological polar surface area (TPSA) is 99.1 Å². The first-order chi connectivity index (χ1) is 17.0. The smallest absolute Gasteiger partial charge is 0.416 e. The fourth-order valence-electron chi connectivity index (χ4n) is 7.40. The predicted octanol–water partition coefficient (Wildman–Crippen LogP) is 4.59. The number of hydrogen-bond donors (Lipinski definition) is 1. The largest absolute Gasteiger partial charge is 0.458 e. The summed E-state index contributed by atoms with van der Waals surface area (Å²) in [6.07, 6.45) is -0.969. The second-order valence-corrected chi connectivity index (χ2v) is 12.8. The van der Waals surface area contributed by atoms with Gasteiger partial charge < -0.3 is 19.3 Å². The van der Waals surface area contributed by atoms with Crippen LogP contribution in [0.2, 0.25) is 0 Å². The lowest BCUT2D eigenvalue weighted by molar-refractivity contribution is -0.255. The molecule has 1 N–H and O–H groups in total. The van der Waals surface area contributed by atoms with Gasteiger partial charge in [0.2, 0.25) is 0 Å². The molecule has 1 heterocycles. The van der Waals surface area contributed by atoms with Crippen LogP contribution in [0.15, 0.2) is 0 Å². The van der Waals surface area contributed by atoms with Crippen LogP contribution in [-0.4, -0.2) is 53.1 Å². The lowest BCUT2D eigenvalue weighted by Gasteiger charge is -2.59. The number of rotatable bonds is 9. The van der Waals surface area contributed by atoms with E-state index in [1.54, 1.807) is 13.8 Å². The normalized spacial score (nSPS) is 37.9. The average molecular weight is 533 g/mol. The first kappa shape index (κ1) is 28.3. The second kappa shape index (κ2) is 9.50. The molecule has 210 valence electrons. The van der Waals surface area contributed by atoms with Gasteiger partial charge in [-0.15, -0.1) is 0 Å². The second-order valence-electron chi connectivity index (χ2n) is 12.8. The number of hydrogen-bond acceptors (Lipinski definition) is 7. The van der Waals surface area contributed by atoms with E-state index in [2.05, 4.69) is 0 Å². The van der Waals surface area contributed by atoms with Crippen LogP contribution in [0.4, 0.5) is 13.2 Å². The quantitative estimate of drug-likeness (QED) is 0.264. The van der Waals surface area contributed by atoms with Crippen LogP contribution in [0.3, 0.4) is 0 Å². The molecule has 5 fully saturated rings. The molecule has 10 heteroatoms. The highest BCUT2D eigenvalue weighted by Gasteiger charge is 2.61. The number of ether oxygens (including phenoxy) is 3. The summed E-state index contributed by atoms with van der Waals surface area (Å²) in [5.74, 6) is -2.53. The summed E-state index contributed by atoms with van der Waals surface area (Å²) in [6, 6.07) is 0. The van der Waals surface area contributed by atoms with Crippen LogP contribution in [0.5, 0.6) is 0 Å². The zero-order valence-electron chi connectivity index (χ0n) is 22.2. The summed E-state index contributed by atoms with van der Waals surface area (Å²) in [6.45, 7) is 7.19. The molecule has 1 aliphatic heterocycles. The monoisotopic (exact) mass is 532 g/mol. The van der Waals surface area contributed by atoms with E-state index in [-0.39, 0.29) is 24.9 Å². The Morgan fingerprint density at radius 2 is 1.59 bits per heavy atom. The molecule has 4 bridgehead atoms. The fourth-order valence-corrected chi connectivity index (χ4v) is 7.40. The number of carbonyl (C=O) groups excluding carboxylic acids is 3. The van der Waals surface area contributed by atoms with Gasteiger partial charge in [-0.2, -0.15) is 13.2 Å². The molecule has 4 atom stereocenters. The van der Waals surface area contributed by atoms with Crippen LogP contribution < -0.4 is 0 Å². The van der Waals surface area contributed by atoms with Crippen molar-refractivity contribution in [2.75, 3.05) is 6.61 Å². The number of halogens is 3. The van der Waals surface area contributed by atoms with Crippen molar-refractivity contribution in [3.8, 4) is 0 Å². The van der Waals surface area contributed by atoms with E-state index in [0.717, 1.165) is 25.7 Å². The van der Waals surface area contributed by atoms with Crippen molar-refractivity contribution in [2.45, 2.75) is 103 Å². The highest BCUT2D eigenvalue weighted by molar-refractivity contribution is 6.00. The SMILES string of the molecule is CC(OCCCC(C)(O)C(F)(F)F)C1C(=O)OC(=O)C1C(C)(C)C(=O)OC1(C)C2CC3CC(C2)CC1C3. The first-order valence-corrected chi connectivity index (χ1v) is 13.4. The minimum absolute atomic E-state index is 0.119. The molecule has 0 amide bonds. The summed E-state index contributed by atoms with van der Waals surface area (Å²) < 4.78 is 55.4. The van der Waals surface area contributed by atoms with Crippen molar-refractivity contribution in [1.82, 2.24) is 0 Å². The lowest BCUT2D eigenvalue weighted by atomic mass is 9.50. The Balaban J connectivity index is 1.42. The van der Waals surface area contributed by atoms with Crippen LogP contribution in [0.25, 0.3) is 0 Å². The van der Waals surface area contributed by atoms with Gasteiger partial charge in [-0.05, 0) is 103 Å². The summed E-state index contributed by atoms with van der Waals surface area (Å²) >= 11 is 0. The molecular formula is C27H39F3O7. The minimum atomic E-state index is -4.77. The Bertz CT molecular complexity index is 897. The Morgan fingerprint density at radius 3 is 2.11 bits per heavy atom. The minimum Gasteiger partial charge on any atom is -0.458 e. The van der Waals surface area contributed by atoms with Gasteiger partial charge in [-0.3, -0.25) is 14.4 Å². The summed E-state index contributed by atoms with van der Waals surface area (Å²) in [4.78, 5) is 39.0. The van der Waals surface area contributed by atoms with Gasteiger partial charge in [-0.1, -0.05) is 0 Å². The van der Waals surface area contributed by atoms with E-state index in [1.807, 2.05) is 6.92 Å². The van der Waals surface area contributed by atoms with Gasteiger partial charge in [0.25, 0.3) is 0 Å². The van der Waals surface area contributed by atoms with E-state index < -0.39 is 65.1 Å². The average Bonchev–Trinajstić information content (AvgIpc) is 3.08. The van der Waals surface area contributed by atoms with Gasteiger partial charge in [0.1, 0.15) is 5.60 Å². The lowest BCUT2D eigenvalue weighted by Crippen LogP contribution is -2.59. The third-order valence-corrected chi connectivity index (χ3v) is 9.77. The van der Waals surface area contributed by atoms with Crippen LogP contribution in [0, 0.1) is 40.9 Å². The van der Waals surface area contributed by atoms with Crippen molar-refractivity contribution in [3.05, 3.63) is 0 Å². The van der Waals surface area contributed by atoms with Crippen molar-refractivity contribution in [3.63, 3.8) is 0 Å². The molecule has 4 unspecified atom stereocenters. The maximum absolute atomic E-state index is 13.6. The van der Waals surface area contributed by atoms with E-state index in [1.165, 1.54) is 13.3 Å². The van der Waals surface area contributed by atoms with E-state index in [4.69, 9.17) is 14.2 Å². The maximum atomic E-state index is 13.6. The number of carbonyl (C=O) groups is 3. The number of esters is 3. The van der Waals surface area contributed by atoms with E-state index >= 15 is 0 Å². The summed E-state index contributed by atoms with van der Waals surface area (Å²) in [5, 5.41) is 9.60. The van der Waals surface area contributed by atoms with Crippen molar-refractivity contribution < 1.29 is 46.9 Å². The van der Waals surface area contributed by atoms with Crippen LogP contribution >= 0.6 is 0 Å². The Kier molecular flexibility index (Phi) is 7.28. The molecule has 4 aliphatic carbocycles. The highest BCUT2D eigenvalue weighted by atomic mass is 19.4. The molecule has 5 rings (SSSR count). The molecule has 0 aromatic carbocycles. The van der Waals surface area contributed by atoms with Crippen LogP contribution in [0.1, 0.15) is 79.6 Å². The third-order valence-electron chi connectivity index (χ3n) is 9.77. The Morgan fingerprint density at radius 1 is 1.05 bits per heavy atom. The van der Waals surface area contributed by atoms with Gasteiger partial charge in [-0.25, -0.2) is 0 Å². The number of aliphatic hydroxyl groups is 1. The van der Waals surface area contributed by atoms with Crippen molar-refractivity contribution in [2.24, 2.45) is 40.9 Å². The third kappa shape index (κ3) is 5.04. The van der Waals surface area contributed by atoms with Crippen LogP contribution in [-0.2, 0) is 28.6 Å². The molecule has 0 aromatic heterocycles. The maximum Gasteiger partial charge on any atom is 0.416 e. The Labute approximate surface area is 215 Å². The van der Waals surface area contributed by atoms with Crippen molar-refractivity contribution >= 4 is 17.9 Å². The van der Waals surface area contributed by atoms with Gasteiger partial charge in [0, 0.05) is 6.61 Å². The molecule has 0 aromatic rings. The highest BCUT2D eigenvalue weighted by Crippen LogP contribution is 2.60. The molecule has 4 saturated carbocycles. The number of alkyl halides is 3. The fraction of sp³-hybridized carbons (Fsp3) is 0.889. The van der Waals surface area contributed by atoms with E-state index in [0.29, 0.717) is 18.8 Å². The molecule has 7 nitrogen and oxygen atoms in total. The molecule has 1 saturated heterocycles. The number of cyclic esters (lactones) is 2. The first-order valence-electron chi connectivity index (χ1n) is 13.4. The molecular weight excluding hydrogens is 493 g/mol. The van der Waals surface area contributed by atoms with Gasteiger partial charge in [0.05, 0.1) is 23.4 Å². The summed E-state index contributed by atoms with van der Waals surface area (Å²) in [7, 11) is 0. The molecule has 5 aliphatic rings. The summed E-state index contributed by atoms with van der Waals surface area (Å²) in [5.41, 5.74) is -4.85. The van der Waals surface area contributed by atoms with E-state index in [9.17, 15) is 32.7 Å².